The monoisotopic (exact) mass is 665 g/mol. The number of amides is 1. The summed E-state index contributed by atoms with van der Waals surface area (Å²) >= 11 is 13.4. The first-order valence-electron chi connectivity index (χ1n) is 14.5. The lowest BCUT2D eigenvalue weighted by Gasteiger charge is -2.20. The number of likely N-dealkylation sites (tertiary alicyclic amines) is 1. The number of fused-ring (bicyclic) bond motifs is 1. The Bertz CT molecular complexity index is 1540. The topological polar surface area (TPSA) is 123 Å². The number of hydrogen-bond donors (Lipinski definition) is 3. The fourth-order valence-corrected chi connectivity index (χ4v) is 6.08. The minimum Gasteiger partial charge on any atom is -0.495 e. The number of methoxy groups -OCH3 is 2. The molecule has 0 aliphatic carbocycles. The largest absolute Gasteiger partial charge is 0.495 e. The van der Waals surface area contributed by atoms with Gasteiger partial charge in [-0.3, -0.25) is 9.69 Å². The molecule has 1 aromatic carbocycles. The lowest BCUT2D eigenvalue weighted by Crippen LogP contribution is -2.45. The maximum absolute atomic E-state index is 13.6. The molecule has 2 atom stereocenters. The normalized spacial score (nSPS) is 19.4. The highest BCUT2D eigenvalue weighted by molar-refractivity contribution is 6.41. The Morgan fingerprint density at radius 1 is 1.16 bits per heavy atom. The Balaban J connectivity index is 1.43. The number of aromatic nitrogens is 3. The van der Waals surface area contributed by atoms with Crippen molar-refractivity contribution in [3.05, 3.63) is 41.0 Å². The van der Waals surface area contributed by atoms with E-state index in [1.54, 1.807) is 23.2 Å². The molecule has 11 nitrogen and oxygen atoms in total. The maximum atomic E-state index is 13.6. The number of hydrogen-bond acceptors (Lipinski definition) is 10. The highest BCUT2D eigenvalue weighted by Crippen LogP contribution is 2.46. The third-order valence-corrected chi connectivity index (χ3v) is 8.50. The van der Waals surface area contributed by atoms with Crippen molar-refractivity contribution in [3.63, 3.8) is 0 Å². The first-order chi connectivity index (χ1) is 21.6. The van der Waals surface area contributed by atoms with Crippen LogP contribution in [0.5, 0.6) is 11.5 Å². The number of halogens is 4. The van der Waals surface area contributed by atoms with Crippen molar-refractivity contribution < 1.29 is 27.8 Å². The second kappa shape index (κ2) is 14.3. The van der Waals surface area contributed by atoms with Crippen molar-refractivity contribution in [3.8, 4) is 22.8 Å². The van der Waals surface area contributed by atoms with Gasteiger partial charge in [-0.1, -0.05) is 29.8 Å². The zero-order chi connectivity index (χ0) is 32.1. The summed E-state index contributed by atoms with van der Waals surface area (Å²) in [6.07, 6.45) is 4.20. The summed E-state index contributed by atoms with van der Waals surface area (Å²) in [5.41, 5.74) is 1.39. The van der Waals surface area contributed by atoms with Crippen LogP contribution in [0.25, 0.3) is 22.2 Å². The van der Waals surface area contributed by atoms with Gasteiger partial charge < -0.3 is 30.2 Å². The fraction of sp³-hybridized carbons (Fsp3) is 0.467. The molecule has 4 heterocycles. The number of anilines is 2. The van der Waals surface area contributed by atoms with Gasteiger partial charge in [0.25, 0.3) is 5.92 Å². The third kappa shape index (κ3) is 7.66. The number of nitrogens with zero attached hydrogens (tertiary/aromatic N) is 4. The molecule has 0 bridgehead atoms. The van der Waals surface area contributed by atoms with Crippen molar-refractivity contribution in [1.82, 2.24) is 25.2 Å². The van der Waals surface area contributed by atoms with Gasteiger partial charge >= 0.3 is 0 Å². The second-order valence-electron chi connectivity index (χ2n) is 10.9. The van der Waals surface area contributed by atoms with E-state index in [0.717, 1.165) is 6.42 Å². The SMILES string of the molecule is C=CC(=O)N[C@H]1COC[C@H]1Nc1ncc2cc(-c3c(Cl)c(OC)cc(OC)c3Cl)nc(NCCCCN3CCC(F)(F)C3)c2n1. The zero-order valence-electron chi connectivity index (χ0n) is 25.0. The Labute approximate surface area is 269 Å². The summed E-state index contributed by atoms with van der Waals surface area (Å²) in [5, 5.41) is 10.6. The number of pyridine rings is 1. The van der Waals surface area contributed by atoms with Gasteiger partial charge in [0.15, 0.2) is 5.82 Å². The molecule has 1 amide bonds. The van der Waals surface area contributed by atoms with Gasteiger partial charge in [0.2, 0.25) is 11.9 Å². The highest BCUT2D eigenvalue weighted by Gasteiger charge is 2.37. The molecule has 3 N–H and O–H groups in total. The second-order valence-corrected chi connectivity index (χ2v) is 11.7. The first-order valence-corrected chi connectivity index (χ1v) is 15.3. The van der Waals surface area contributed by atoms with Gasteiger partial charge in [0.05, 0.1) is 61.8 Å². The molecular formula is C30H35Cl2F2N7O4. The van der Waals surface area contributed by atoms with Crippen molar-refractivity contribution in [2.75, 3.05) is 64.2 Å². The van der Waals surface area contributed by atoms with Crippen LogP contribution in [0.4, 0.5) is 20.5 Å². The summed E-state index contributed by atoms with van der Waals surface area (Å²) in [6.45, 7) is 5.49. The molecule has 0 spiro atoms. The molecule has 0 saturated carbocycles. The number of ether oxygens (including phenoxy) is 3. The molecular weight excluding hydrogens is 631 g/mol. The number of benzene rings is 1. The Kier molecular flexibility index (Phi) is 10.4. The van der Waals surface area contributed by atoms with Gasteiger partial charge in [-0.15, -0.1) is 0 Å². The number of nitrogens with one attached hydrogen (secondary N) is 3. The van der Waals surface area contributed by atoms with Crippen LogP contribution in [0.1, 0.15) is 19.3 Å². The third-order valence-electron chi connectivity index (χ3n) is 7.75. The minimum absolute atomic E-state index is 0.0987. The molecule has 3 aromatic rings. The molecule has 45 heavy (non-hydrogen) atoms. The summed E-state index contributed by atoms with van der Waals surface area (Å²) in [4.78, 5) is 27.8. The Morgan fingerprint density at radius 3 is 2.56 bits per heavy atom. The van der Waals surface area contributed by atoms with E-state index in [4.69, 9.17) is 47.4 Å². The molecule has 2 fully saturated rings. The predicted molar refractivity (Wildman–Crippen MR) is 170 cm³/mol. The summed E-state index contributed by atoms with van der Waals surface area (Å²) in [5.74, 6) is -1.41. The quantitative estimate of drug-likeness (QED) is 0.169. The summed E-state index contributed by atoms with van der Waals surface area (Å²) in [7, 11) is 2.99. The number of carbonyl (C=O) groups excluding carboxylic acids is 1. The van der Waals surface area contributed by atoms with E-state index in [-0.39, 0.29) is 41.0 Å². The standard InChI is InChI=1S/C30H35Cl2F2N7O4/c1-4-23(42)37-19-14-45-15-20(19)39-29-36-13-17-11-18(24-25(31)21(43-2)12-22(44-3)26(24)32)38-28(27(17)40-29)35-8-5-6-9-41-10-7-30(33,34)16-41/h4,11-13,19-20H,1,5-10,14-16H2,2-3H3,(H,35,38)(H,37,42)(H,36,39,40)/t19-,20+/m0/s1. The molecule has 15 heteroatoms. The first kappa shape index (κ1) is 32.9. The summed E-state index contributed by atoms with van der Waals surface area (Å²) in [6, 6.07) is 2.81. The van der Waals surface area contributed by atoms with Crippen LogP contribution in [-0.4, -0.2) is 97.4 Å². The highest BCUT2D eigenvalue weighted by atomic mass is 35.5. The zero-order valence-corrected chi connectivity index (χ0v) is 26.5. The maximum Gasteiger partial charge on any atom is 0.261 e. The van der Waals surface area contributed by atoms with Gasteiger partial charge in [0.1, 0.15) is 17.0 Å². The van der Waals surface area contributed by atoms with E-state index >= 15 is 0 Å². The molecule has 0 radical (unpaired) electrons. The van der Waals surface area contributed by atoms with Crippen molar-refractivity contribution >= 4 is 51.8 Å². The van der Waals surface area contributed by atoms with Crippen LogP contribution in [0.3, 0.4) is 0 Å². The Morgan fingerprint density at radius 2 is 1.89 bits per heavy atom. The molecule has 242 valence electrons. The predicted octanol–water partition coefficient (Wildman–Crippen LogP) is 5.03. The number of carbonyl (C=O) groups is 1. The lowest BCUT2D eigenvalue weighted by atomic mass is 10.1. The lowest BCUT2D eigenvalue weighted by molar-refractivity contribution is -0.117. The van der Waals surface area contributed by atoms with Crippen LogP contribution < -0.4 is 25.4 Å². The smallest absolute Gasteiger partial charge is 0.261 e. The average molecular weight is 667 g/mol. The van der Waals surface area contributed by atoms with Crippen molar-refractivity contribution in [2.24, 2.45) is 0 Å². The molecule has 2 aliphatic rings. The van der Waals surface area contributed by atoms with Crippen molar-refractivity contribution in [1.29, 1.82) is 0 Å². The molecule has 5 rings (SSSR count). The van der Waals surface area contributed by atoms with Crippen LogP contribution >= 0.6 is 23.2 Å². The van der Waals surface area contributed by atoms with Crippen LogP contribution in [0.2, 0.25) is 10.0 Å². The van der Waals surface area contributed by atoms with Crippen LogP contribution in [0, 0.1) is 0 Å². The molecule has 2 aliphatic heterocycles. The van der Waals surface area contributed by atoms with Crippen molar-refractivity contribution in [2.45, 2.75) is 37.3 Å². The fourth-order valence-electron chi connectivity index (χ4n) is 5.38. The van der Waals surface area contributed by atoms with Gasteiger partial charge in [0, 0.05) is 42.7 Å². The minimum atomic E-state index is -2.61. The van der Waals surface area contributed by atoms with E-state index in [9.17, 15) is 13.6 Å². The van der Waals surface area contributed by atoms with Crippen LogP contribution in [0.15, 0.2) is 31.0 Å². The van der Waals surface area contributed by atoms with Crippen LogP contribution in [-0.2, 0) is 9.53 Å². The molecule has 0 unspecified atom stereocenters. The Hall–Kier alpha value is -3.52. The van der Waals surface area contributed by atoms with Gasteiger partial charge in [-0.05, 0) is 31.5 Å². The number of alkyl halides is 2. The molecule has 2 aromatic heterocycles. The van der Waals surface area contributed by atoms with E-state index in [1.807, 2.05) is 0 Å². The number of unbranched alkanes of at least 4 members (excludes halogenated alkanes) is 1. The van der Waals surface area contributed by atoms with E-state index in [1.165, 1.54) is 20.3 Å². The van der Waals surface area contributed by atoms with E-state index < -0.39 is 5.92 Å². The summed E-state index contributed by atoms with van der Waals surface area (Å²) < 4.78 is 43.6. The van der Waals surface area contributed by atoms with E-state index in [2.05, 4.69) is 27.5 Å². The van der Waals surface area contributed by atoms with Gasteiger partial charge in [-0.2, -0.15) is 0 Å². The number of rotatable bonds is 13. The van der Waals surface area contributed by atoms with E-state index in [0.29, 0.717) is 84.7 Å². The average Bonchev–Trinajstić information content (AvgIpc) is 3.61. The van der Waals surface area contributed by atoms with Gasteiger partial charge in [-0.25, -0.2) is 23.7 Å². The molecule has 2 saturated heterocycles.